The van der Waals surface area contributed by atoms with Gasteiger partial charge in [-0.2, -0.15) is 0 Å². The van der Waals surface area contributed by atoms with Crippen molar-refractivity contribution in [1.29, 1.82) is 0 Å². The Morgan fingerprint density at radius 3 is 2.68 bits per heavy atom. The largest absolute Gasteiger partial charge is 0.495 e. The highest BCUT2D eigenvalue weighted by Crippen LogP contribution is 2.34. The predicted molar refractivity (Wildman–Crippen MR) is 72.3 cm³/mol. The quantitative estimate of drug-likeness (QED) is 0.908. The number of urea groups is 1. The smallest absolute Gasteiger partial charge is 0.328 e. The minimum absolute atomic E-state index is 0.191. The summed E-state index contributed by atoms with van der Waals surface area (Å²) in [7, 11) is 1.52. The molecule has 19 heavy (non-hydrogen) atoms. The average molecular weight is 262 g/mol. The van der Waals surface area contributed by atoms with Gasteiger partial charge >= 0.3 is 6.03 Å². The third-order valence-electron chi connectivity index (χ3n) is 3.66. The second-order valence-corrected chi connectivity index (χ2v) is 4.89. The highest BCUT2D eigenvalue weighted by atomic mass is 16.5. The van der Waals surface area contributed by atoms with Gasteiger partial charge in [-0.25, -0.2) is 9.69 Å². The number of para-hydroxylation sites is 2. The van der Waals surface area contributed by atoms with Crippen LogP contribution < -0.4 is 15.0 Å². The van der Waals surface area contributed by atoms with E-state index in [1.54, 1.807) is 24.3 Å². The lowest BCUT2D eigenvalue weighted by atomic mass is 9.84. The molecule has 5 nitrogen and oxygen atoms in total. The first-order valence-corrected chi connectivity index (χ1v) is 6.29. The van der Waals surface area contributed by atoms with E-state index in [0.717, 1.165) is 0 Å². The first-order valence-electron chi connectivity index (χ1n) is 6.29. The highest BCUT2D eigenvalue weighted by molar-refractivity contribution is 6.18. The van der Waals surface area contributed by atoms with Crippen molar-refractivity contribution in [2.45, 2.75) is 20.3 Å². The van der Waals surface area contributed by atoms with Gasteiger partial charge < -0.3 is 10.1 Å². The third-order valence-corrected chi connectivity index (χ3v) is 3.66. The second-order valence-electron chi connectivity index (χ2n) is 4.89. The number of nitrogens with one attached hydrogen (secondary N) is 1. The molecule has 1 aromatic carbocycles. The molecule has 1 atom stereocenters. The lowest BCUT2D eigenvalue weighted by Gasteiger charge is -2.38. The summed E-state index contributed by atoms with van der Waals surface area (Å²) < 4.78 is 5.22. The van der Waals surface area contributed by atoms with E-state index in [-0.39, 0.29) is 5.91 Å². The van der Waals surface area contributed by atoms with Gasteiger partial charge in [0.1, 0.15) is 5.75 Å². The van der Waals surface area contributed by atoms with Crippen molar-refractivity contribution in [1.82, 2.24) is 5.32 Å². The summed E-state index contributed by atoms with van der Waals surface area (Å²) in [6.07, 6.45) is 0.664. The van der Waals surface area contributed by atoms with Crippen molar-refractivity contribution in [3.8, 4) is 5.75 Å². The molecule has 1 saturated heterocycles. The lowest BCUT2D eigenvalue weighted by Crippen LogP contribution is -2.59. The van der Waals surface area contributed by atoms with E-state index >= 15 is 0 Å². The fourth-order valence-corrected chi connectivity index (χ4v) is 2.10. The van der Waals surface area contributed by atoms with Gasteiger partial charge in [0.15, 0.2) is 0 Å². The van der Waals surface area contributed by atoms with Gasteiger partial charge in [0.25, 0.3) is 0 Å². The summed E-state index contributed by atoms with van der Waals surface area (Å²) >= 11 is 0. The predicted octanol–water partition coefficient (Wildman–Crippen LogP) is 2.17. The monoisotopic (exact) mass is 262 g/mol. The summed E-state index contributed by atoms with van der Waals surface area (Å²) in [5.74, 6) is 0.314. The molecule has 1 aliphatic heterocycles. The van der Waals surface area contributed by atoms with E-state index in [4.69, 9.17) is 4.74 Å². The second kappa shape index (κ2) is 4.91. The first kappa shape index (κ1) is 13.4. The summed E-state index contributed by atoms with van der Waals surface area (Å²) in [5.41, 5.74) is -0.0961. The normalized spacial score (nSPS) is 23.2. The van der Waals surface area contributed by atoms with Crippen LogP contribution in [0, 0.1) is 5.41 Å². The zero-order valence-corrected chi connectivity index (χ0v) is 11.4. The van der Waals surface area contributed by atoms with Crippen molar-refractivity contribution in [3.63, 3.8) is 0 Å². The van der Waals surface area contributed by atoms with E-state index in [1.807, 2.05) is 13.8 Å². The van der Waals surface area contributed by atoms with Crippen LogP contribution in [0.3, 0.4) is 0 Å². The van der Waals surface area contributed by atoms with Crippen LogP contribution in [0.5, 0.6) is 5.75 Å². The average Bonchev–Trinajstić information content (AvgIpc) is 2.44. The number of amides is 3. The summed E-state index contributed by atoms with van der Waals surface area (Å²) in [5, 5.41) is 2.76. The van der Waals surface area contributed by atoms with Gasteiger partial charge in [-0.15, -0.1) is 0 Å². The first-order chi connectivity index (χ1) is 9.03. The number of rotatable bonds is 3. The minimum atomic E-state index is -0.575. The van der Waals surface area contributed by atoms with Crippen molar-refractivity contribution < 1.29 is 14.3 Å². The van der Waals surface area contributed by atoms with Crippen molar-refractivity contribution in [2.75, 3.05) is 18.6 Å². The number of nitrogens with zero attached hydrogens (tertiary/aromatic N) is 1. The molecule has 1 heterocycles. The molecule has 0 bridgehead atoms. The molecule has 0 saturated carbocycles. The fraction of sp³-hybridized carbons (Fsp3) is 0.429. The topological polar surface area (TPSA) is 58.6 Å². The maximum absolute atomic E-state index is 12.6. The Kier molecular flexibility index (Phi) is 3.46. The van der Waals surface area contributed by atoms with Crippen LogP contribution >= 0.6 is 0 Å². The molecule has 1 unspecified atom stereocenters. The van der Waals surface area contributed by atoms with E-state index in [0.29, 0.717) is 24.4 Å². The maximum atomic E-state index is 12.6. The molecule has 0 aliphatic carbocycles. The molecule has 0 aromatic heterocycles. The standard InChI is InChI=1S/C14H18N2O3/c1-4-14(2)9-15-13(18)16(12(14)17)10-7-5-6-8-11(10)19-3/h5-8H,4,9H2,1-3H3,(H,15,18). The van der Waals surface area contributed by atoms with Gasteiger partial charge in [0.2, 0.25) is 5.91 Å². The van der Waals surface area contributed by atoms with Crippen LogP contribution in [-0.2, 0) is 4.79 Å². The Balaban J connectivity index is 2.46. The molecule has 1 N–H and O–H groups in total. The van der Waals surface area contributed by atoms with Crippen LogP contribution in [0.2, 0.25) is 0 Å². The molecule has 3 amide bonds. The van der Waals surface area contributed by atoms with Crippen LogP contribution in [0.15, 0.2) is 24.3 Å². The summed E-state index contributed by atoms with van der Waals surface area (Å²) in [6, 6.07) is 6.61. The number of methoxy groups -OCH3 is 1. The molecule has 1 fully saturated rings. The Hall–Kier alpha value is -2.04. The van der Waals surface area contributed by atoms with Crippen LogP contribution in [0.1, 0.15) is 20.3 Å². The molecule has 5 heteroatoms. The zero-order chi connectivity index (χ0) is 14.0. The molecule has 102 valence electrons. The van der Waals surface area contributed by atoms with Crippen LogP contribution in [0.25, 0.3) is 0 Å². The third kappa shape index (κ3) is 2.16. The molecule has 0 radical (unpaired) electrons. The number of benzene rings is 1. The van der Waals surface area contributed by atoms with Gasteiger partial charge in [-0.3, -0.25) is 4.79 Å². The lowest BCUT2D eigenvalue weighted by molar-refractivity contribution is -0.127. The molecule has 0 spiro atoms. The summed E-state index contributed by atoms with van der Waals surface area (Å²) in [6.45, 7) is 4.17. The minimum Gasteiger partial charge on any atom is -0.495 e. The number of ether oxygens (including phenoxy) is 1. The maximum Gasteiger partial charge on any atom is 0.328 e. The van der Waals surface area contributed by atoms with Crippen LogP contribution in [-0.4, -0.2) is 25.6 Å². The van der Waals surface area contributed by atoms with Gasteiger partial charge in [0.05, 0.1) is 18.2 Å². The van der Waals surface area contributed by atoms with E-state index in [2.05, 4.69) is 5.32 Å². The van der Waals surface area contributed by atoms with E-state index < -0.39 is 11.4 Å². The van der Waals surface area contributed by atoms with Gasteiger partial charge in [-0.1, -0.05) is 19.1 Å². The van der Waals surface area contributed by atoms with Crippen molar-refractivity contribution in [3.05, 3.63) is 24.3 Å². The van der Waals surface area contributed by atoms with Crippen molar-refractivity contribution in [2.24, 2.45) is 5.41 Å². The molecule has 1 aliphatic rings. The van der Waals surface area contributed by atoms with E-state index in [9.17, 15) is 9.59 Å². The molecule has 2 rings (SSSR count). The molecular weight excluding hydrogens is 244 g/mol. The zero-order valence-electron chi connectivity index (χ0n) is 11.4. The van der Waals surface area contributed by atoms with Gasteiger partial charge in [0, 0.05) is 6.54 Å². The highest BCUT2D eigenvalue weighted by Gasteiger charge is 2.43. The van der Waals surface area contributed by atoms with Crippen molar-refractivity contribution >= 4 is 17.6 Å². The number of imide groups is 1. The summed E-state index contributed by atoms with van der Waals surface area (Å²) in [4.78, 5) is 25.8. The number of anilines is 1. The molecular formula is C14H18N2O3. The molecule has 1 aromatic rings. The number of hydrogen-bond donors (Lipinski definition) is 1. The van der Waals surface area contributed by atoms with E-state index in [1.165, 1.54) is 12.0 Å². The Morgan fingerprint density at radius 1 is 1.37 bits per heavy atom. The number of hydrogen-bond acceptors (Lipinski definition) is 3. The Morgan fingerprint density at radius 2 is 2.05 bits per heavy atom. The Labute approximate surface area is 112 Å². The number of carbonyl (C=O) groups is 2. The fourth-order valence-electron chi connectivity index (χ4n) is 2.10. The van der Waals surface area contributed by atoms with Crippen LogP contribution in [0.4, 0.5) is 10.5 Å². The van der Waals surface area contributed by atoms with Gasteiger partial charge in [-0.05, 0) is 25.5 Å². The number of carbonyl (C=O) groups excluding carboxylic acids is 2. The Bertz CT molecular complexity index is 515. The SMILES string of the molecule is CCC1(C)CNC(=O)N(c2ccccc2OC)C1=O.